The van der Waals surface area contributed by atoms with Crippen LogP contribution in [0.1, 0.15) is 50.3 Å². The summed E-state index contributed by atoms with van der Waals surface area (Å²) < 4.78 is 0. The van der Waals surface area contributed by atoms with Gasteiger partial charge in [-0.3, -0.25) is 0 Å². The van der Waals surface area contributed by atoms with Gasteiger partial charge in [0.2, 0.25) is 0 Å². The zero-order valence-electron chi connectivity index (χ0n) is 12.9. The molecule has 0 unspecified atom stereocenters. The number of nitrogens with zero attached hydrogens (tertiary/aromatic N) is 2. The van der Waals surface area contributed by atoms with Crippen molar-refractivity contribution in [3.63, 3.8) is 0 Å². The summed E-state index contributed by atoms with van der Waals surface area (Å²) in [6.07, 6.45) is 7.80. The highest BCUT2D eigenvalue weighted by Crippen LogP contribution is 2.37. The Morgan fingerprint density at radius 2 is 2.05 bits per heavy atom. The Balaban J connectivity index is 1.83. The van der Waals surface area contributed by atoms with E-state index in [1.54, 1.807) is 0 Å². The molecule has 110 valence electrons. The zero-order valence-corrected chi connectivity index (χ0v) is 12.9. The van der Waals surface area contributed by atoms with E-state index in [2.05, 4.69) is 29.3 Å². The van der Waals surface area contributed by atoms with Gasteiger partial charge in [-0.1, -0.05) is 13.3 Å². The monoisotopic (exact) mass is 273 g/mol. The maximum Gasteiger partial charge on any atom is 0.129 e. The van der Waals surface area contributed by atoms with Crippen LogP contribution >= 0.6 is 0 Å². The van der Waals surface area contributed by atoms with E-state index in [1.165, 1.54) is 55.7 Å². The molecule has 3 nitrogen and oxygen atoms in total. The van der Waals surface area contributed by atoms with E-state index in [0.717, 1.165) is 24.9 Å². The van der Waals surface area contributed by atoms with Gasteiger partial charge < -0.3 is 10.2 Å². The van der Waals surface area contributed by atoms with Crippen LogP contribution in [0, 0.1) is 5.92 Å². The molecule has 2 aliphatic carbocycles. The van der Waals surface area contributed by atoms with Gasteiger partial charge in [0.05, 0.1) is 0 Å². The molecular weight excluding hydrogens is 246 g/mol. The van der Waals surface area contributed by atoms with Crippen molar-refractivity contribution in [1.82, 2.24) is 10.3 Å². The van der Waals surface area contributed by atoms with Crippen LogP contribution in [-0.4, -0.2) is 24.6 Å². The van der Waals surface area contributed by atoms with Crippen LogP contribution < -0.4 is 10.2 Å². The van der Waals surface area contributed by atoms with Crippen LogP contribution in [0.2, 0.25) is 0 Å². The number of rotatable bonds is 8. The molecule has 0 amide bonds. The molecule has 20 heavy (non-hydrogen) atoms. The Labute approximate surface area is 122 Å². The Hall–Kier alpha value is -1.09. The fraction of sp³-hybridized carbons (Fsp3) is 0.706. The highest BCUT2D eigenvalue weighted by molar-refractivity contribution is 5.45. The molecule has 1 aromatic rings. The molecule has 1 N–H and O–H groups in total. The summed E-state index contributed by atoms with van der Waals surface area (Å²) in [5.41, 5.74) is 2.64. The quantitative estimate of drug-likeness (QED) is 0.788. The van der Waals surface area contributed by atoms with E-state index in [0.29, 0.717) is 0 Å². The minimum atomic E-state index is 0.766. The van der Waals surface area contributed by atoms with Crippen molar-refractivity contribution in [2.75, 3.05) is 18.5 Å². The average Bonchev–Trinajstić information content (AvgIpc) is 3.29. The second-order valence-corrected chi connectivity index (χ2v) is 6.43. The largest absolute Gasteiger partial charge is 0.353 e. The van der Waals surface area contributed by atoms with Gasteiger partial charge in [0.15, 0.2) is 0 Å². The first-order valence-corrected chi connectivity index (χ1v) is 8.21. The van der Waals surface area contributed by atoms with Gasteiger partial charge in [0, 0.05) is 24.8 Å². The molecule has 2 aliphatic rings. The Morgan fingerprint density at radius 1 is 1.25 bits per heavy atom. The maximum absolute atomic E-state index is 4.95. The third-order valence-corrected chi connectivity index (χ3v) is 4.25. The molecule has 0 saturated heterocycles. The standard InChI is InChI=1S/C17H27N3/c1-3-4-15-9-14(11-18-2)10-17(19-15)20(16-7-8-16)12-13-5-6-13/h9-10,13,16,18H,3-8,11-12H2,1-2H3. The first kappa shape index (κ1) is 13.9. The lowest BCUT2D eigenvalue weighted by Gasteiger charge is -2.25. The molecule has 2 fully saturated rings. The second-order valence-electron chi connectivity index (χ2n) is 6.43. The van der Waals surface area contributed by atoms with Gasteiger partial charge in [0.1, 0.15) is 5.82 Å². The predicted octanol–water partition coefficient (Wildman–Crippen LogP) is 3.13. The van der Waals surface area contributed by atoms with Gasteiger partial charge in [-0.05, 0) is 62.8 Å². The molecule has 3 heteroatoms. The molecule has 3 rings (SSSR count). The first-order valence-electron chi connectivity index (χ1n) is 8.21. The molecule has 0 atom stereocenters. The summed E-state index contributed by atoms with van der Waals surface area (Å²) in [5.74, 6) is 2.16. The van der Waals surface area contributed by atoms with Crippen LogP contribution in [0.25, 0.3) is 0 Å². The average molecular weight is 273 g/mol. The smallest absolute Gasteiger partial charge is 0.129 e. The summed E-state index contributed by atoms with van der Waals surface area (Å²) in [6, 6.07) is 5.34. The lowest BCUT2D eigenvalue weighted by atomic mass is 10.1. The molecule has 0 bridgehead atoms. The van der Waals surface area contributed by atoms with Crippen molar-refractivity contribution in [3.8, 4) is 0 Å². The van der Waals surface area contributed by atoms with Gasteiger partial charge in [-0.2, -0.15) is 0 Å². The summed E-state index contributed by atoms with van der Waals surface area (Å²) in [6.45, 7) is 4.40. The minimum absolute atomic E-state index is 0.766. The molecule has 0 radical (unpaired) electrons. The van der Waals surface area contributed by atoms with Crippen LogP contribution in [0.4, 0.5) is 5.82 Å². The Bertz CT molecular complexity index is 425. The van der Waals surface area contributed by atoms with E-state index in [9.17, 15) is 0 Å². The normalized spacial score (nSPS) is 18.3. The third-order valence-electron chi connectivity index (χ3n) is 4.25. The fourth-order valence-electron chi connectivity index (χ4n) is 2.87. The number of aryl methyl sites for hydroxylation is 1. The number of pyridine rings is 1. The highest BCUT2D eigenvalue weighted by atomic mass is 15.2. The van der Waals surface area contributed by atoms with Gasteiger partial charge in [-0.15, -0.1) is 0 Å². The van der Waals surface area contributed by atoms with Crippen LogP contribution in [-0.2, 0) is 13.0 Å². The topological polar surface area (TPSA) is 28.2 Å². The fourth-order valence-corrected chi connectivity index (χ4v) is 2.87. The van der Waals surface area contributed by atoms with Crippen molar-refractivity contribution in [1.29, 1.82) is 0 Å². The summed E-state index contributed by atoms with van der Waals surface area (Å²) in [7, 11) is 2.02. The van der Waals surface area contributed by atoms with Crippen molar-refractivity contribution >= 4 is 5.82 Å². The number of nitrogens with one attached hydrogen (secondary N) is 1. The molecule has 0 aromatic carbocycles. The van der Waals surface area contributed by atoms with Crippen LogP contribution in [0.15, 0.2) is 12.1 Å². The summed E-state index contributed by atoms with van der Waals surface area (Å²) in [5, 5.41) is 3.27. The lowest BCUT2D eigenvalue weighted by Crippen LogP contribution is -2.29. The molecule has 0 spiro atoms. The van der Waals surface area contributed by atoms with E-state index in [1.807, 2.05) is 7.05 Å². The van der Waals surface area contributed by atoms with Gasteiger partial charge in [-0.25, -0.2) is 4.98 Å². The molecule has 1 aromatic heterocycles. The van der Waals surface area contributed by atoms with E-state index < -0.39 is 0 Å². The lowest BCUT2D eigenvalue weighted by molar-refractivity contribution is 0.702. The van der Waals surface area contributed by atoms with E-state index >= 15 is 0 Å². The van der Waals surface area contributed by atoms with Crippen LogP contribution in [0.5, 0.6) is 0 Å². The summed E-state index contributed by atoms with van der Waals surface area (Å²) >= 11 is 0. The van der Waals surface area contributed by atoms with Gasteiger partial charge in [0.25, 0.3) is 0 Å². The third kappa shape index (κ3) is 3.51. The van der Waals surface area contributed by atoms with Crippen molar-refractivity contribution < 1.29 is 0 Å². The molecule has 1 heterocycles. The number of hydrogen-bond acceptors (Lipinski definition) is 3. The number of anilines is 1. The zero-order chi connectivity index (χ0) is 13.9. The molecule has 2 saturated carbocycles. The predicted molar refractivity (Wildman–Crippen MR) is 84.1 cm³/mol. The number of hydrogen-bond donors (Lipinski definition) is 1. The van der Waals surface area contributed by atoms with Crippen molar-refractivity contribution in [3.05, 3.63) is 23.4 Å². The van der Waals surface area contributed by atoms with Crippen LogP contribution in [0.3, 0.4) is 0 Å². The Kier molecular flexibility index (Phi) is 4.25. The van der Waals surface area contributed by atoms with Gasteiger partial charge >= 0.3 is 0 Å². The van der Waals surface area contributed by atoms with E-state index in [-0.39, 0.29) is 0 Å². The first-order chi connectivity index (χ1) is 9.80. The molecule has 0 aliphatic heterocycles. The highest BCUT2D eigenvalue weighted by Gasteiger charge is 2.34. The second kappa shape index (κ2) is 6.13. The minimum Gasteiger partial charge on any atom is -0.353 e. The Morgan fingerprint density at radius 3 is 2.65 bits per heavy atom. The number of aromatic nitrogens is 1. The molecular formula is C17H27N3. The van der Waals surface area contributed by atoms with E-state index in [4.69, 9.17) is 4.98 Å². The SMILES string of the molecule is CCCc1cc(CNC)cc(N(CC2CC2)C2CC2)n1. The maximum atomic E-state index is 4.95. The van der Waals surface area contributed by atoms with Crippen molar-refractivity contribution in [2.24, 2.45) is 5.92 Å². The summed E-state index contributed by atoms with van der Waals surface area (Å²) in [4.78, 5) is 7.54. The van der Waals surface area contributed by atoms with Crippen molar-refractivity contribution in [2.45, 2.75) is 58.0 Å².